The molecule has 0 aliphatic rings. The molecule has 0 aromatic carbocycles. The standard InChI is InChI=1S/C13H23N3O/c1-7-9-8(2)11(14)16-12(15-9)10(17-6)13(3,4)5/h10H,7H2,1-6H3,(H2,14,15,16). The largest absolute Gasteiger partial charge is 0.383 e. The molecule has 0 saturated heterocycles. The van der Waals surface area contributed by atoms with Gasteiger partial charge in [0.1, 0.15) is 11.9 Å². The quantitative estimate of drug-likeness (QED) is 0.878. The van der Waals surface area contributed by atoms with Crippen LogP contribution in [0.25, 0.3) is 0 Å². The van der Waals surface area contributed by atoms with Gasteiger partial charge in [-0.1, -0.05) is 27.7 Å². The molecule has 0 saturated carbocycles. The lowest BCUT2D eigenvalue weighted by molar-refractivity contribution is 0.00860. The SMILES string of the molecule is CCc1nc(C(OC)C(C)(C)C)nc(N)c1C. The Labute approximate surface area is 104 Å². The molecular weight excluding hydrogens is 214 g/mol. The van der Waals surface area contributed by atoms with Crippen LogP contribution in [0.5, 0.6) is 0 Å². The number of nitrogens with two attached hydrogens (primary N) is 1. The number of methoxy groups -OCH3 is 1. The van der Waals surface area contributed by atoms with E-state index in [-0.39, 0.29) is 11.5 Å². The van der Waals surface area contributed by atoms with Gasteiger partial charge in [-0.3, -0.25) is 0 Å². The first-order valence-electron chi connectivity index (χ1n) is 5.97. The minimum atomic E-state index is -0.143. The minimum Gasteiger partial charge on any atom is -0.383 e. The van der Waals surface area contributed by atoms with Gasteiger partial charge in [0.15, 0.2) is 5.82 Å². The van der Waals surface area contributed by atoms with Crippen molar-refractivity contribution in [3.05, 3.63) is 17.1 Å². The number of hydrogen-bond donors (Lipinski definition) is 1. The molecule has 4 heteroatoms. The minimum absolute atomic E-state index is 0.0541. The van der Waals surface area contributed by atoms with Crippen LogP contribution in [0, 0.1) is 12.3 Å². The van der Waals surface area contributed by atoms with E-state index in [9.17, 15) is 0 Å². The lowest BCUT2D eigenvalue weighted by atomic mass is 9.88. The summed E-state index contributed by atoms with van der Waals surface area (Å²) in [6, 6.07) is 0. The molecule has 1 unspecified atom stereocenters. The highest BCUT2D eigenvalue weighted by atomic mass is 16.5. The average Bonchev–Trinajstić information content (AvgIpc) is 2.21. The molecule has 0 bridgehead atoms. The van der Waals surface area contributed by atoms with E-state index in [0.29, 0.717) is 11.6 Å². The number of rotatable bonds is 3. The molecule has 1 aromatic rings. The molecule has 17 heavy (non-hydrogen) atoms. The van der Waals surface area contributed by atoms with E-state index in [1.165, 1.54) is 0 Å². The molecule has 0 amide bonds. The van der Waals surface area contributed by atoms with Crippen molar-refractivity contribution in [1.29, 1.82) is 0 Å². The van der Waals surface area contributed by atoms with Gasteiger partial charge in [-0.25, -0.2) is 9.97 Å². The van der Waals surface area contributed by atoms with E-state index in [0.717, 1.165) is 17.7 Å². The van der Waals surface area contributed by atoms with Gasteiger partial charge in [0.05, 0.1) is 0 Å². The van der Waals surface area contributed by atoms with Crippen molar-refractivity contribution in [3.8, 4) is 0 Å². The van der Waals surface area contributed by atoms with Crippen molar-refractivity contribution in [1.82, 2.24) is 9.97 Å². The maximum Gasteiger partial charge on any atom is 0.160 e. The van der Waals surface area contributed by atoms with Crippen LogP contribution >= 0.6 is 0 Å². The van der Waals surface area contributed by atoms with Crippen molar-refractivity contribution >= 4 is 5.82 Å². The smallest absolute Gasteiger partial charge is 0.160 e. The Hall–Kier alpha value is -1.16. The number of aromatic nitrogens is 2. The third-order valence-electron chi connectivity index (χ3n) is 2.89. The summed E-state index contributed by atoms with van der Waals surface area (Å²) in [4.78, 5) is 8.93. The fourth-order valence-electron chi connectivity index (χ4n) is 1.91. The normalized spacial score (nSPS) is 13.8. The van der Waals surface area contributed by atoms with E-state index < -0.39 is 0 Å². The summed E-state index contributed by atoms with van der Waals surface area (Å²) < 4.78 is 5.51. The van der Waals surface area contributed by atoms with E-state index in [1.807, 2.05) is 6.92 Å². The highest BCUT2D eigenvalue weighted by molar-refractivity contribution is 5.41. The fraction of sp³-hybridized carbons (Fsp3) is 0.692. The predicted octanol–water partition coefficient (Wildman–Crippen LogP) is 2.66. The van der Waals surface area contributed by atoms with Crippen molar-refractivity contribution in [2.45, 2.75) is 47.1 Å². The Morgan fingerprint density at radius 3 is 2.29 bits per heavy atom. The molecule has 0 aliphatic heterocycles. The van der Waals surface area contributed by atoms with Crippen LogP contribution in [0.4, 0.5) is 5.82 Å². The van der Waals surface area contributed by atoms with E-state index >= 15 is 0 Å². The Balaban J connectivity index is 3.26. The number of aryl methyl sites for hydroxylation is 1. The van der Waals surface area contributed by atoms with Crippen LogP contribution in [0.3, 0.4) is 0 Å². The van der Waals surface area contributed by atoms with Gasteiger partial charge in [0.2, 0.25) is 0 Å². The van der Waals surface area contributed by atoms with Crippen LogP contribution in [-0.4, -0.2) is 17.1 Å². The number of hydrogen-bond acceptors (Lipinski definition) is 4. The Morgan fingerprint density at radius 1 is 1.29 bits per heavy atom. The molecule has 96 valence electrons. The summed E-state index contributed by atoms with van der Waals surface area (Å²) in [5, 5.41) is 0. The summed E-state index contributed by atoms with van der Waals surface area (Å²) in [6.45, 7) is 10.3. The second kappa shape index (κ2) is 5.00. The summed E-state index contributed by atoms with van der Waals surface area (Å²) in [6.07, 6.45) is 0.710. The number of ether oxygens (including phenoxy) is 1. The molecule has 2 N–H and O–H groups in total. The van der Waals surface area contributed by atoms with E-state index in [4.69, 9.17) is 10.5 Å². The van der Waals surface area contributed by atoms with Crippen LogP contribution < -0.4 is 5.73 Å². The van der Waals surface area contributed by atoms with Gasteiger partial charge < -0.3 is 10.5 Å². The van der Waals surface area contributed by atoms with Crippen LogP contribution in [-0.2, 0) is 11.2 Å². The molecule has 1 atom stereocenters. The zero-order valence-electron chi connectivity index (χ0n) is 11.7. The first kappa shape index (κ1) is 13.9. The third-order valence-corrected chi connectivity index (χ3v) is 2.89. The first-order chi connectivity index (χ1) is 7.81. The highest BCUT2D eigenvalue weighted by Gasteiger charge is 2.29. The molecular formula is C13H23N3O. The molecule has 1 aromatic heterocycles. The third kappa shape index (κ3) is 2.94. The molecule has 0 radical (unpaired) electrons. The Morgan fingerprint density at radius 2 is 1.88 bits per heavy atom. The van der Waals surface area contributed by atoms with Crippen molar-refractivity contribution in [3.63, 3.8) is 0 Å². The maximum atomic E-state index is 5.93. The van der Waals surface area contributed by atoms with E-state index in [1.54, 1.807) is 7.11 Å². The molecule has 1 heterocycles. The van der Waals surface area contributed by atoms with E-state index in [2.05, 4.69) is 37.7 Å². The average molecular weight is 237 g/mol. The van der Waals surface area contributed by atoms with Gasteiger partial charge in [0, 0.05) is 18.4 Å². The topological polar surface area (TPSA) is 61.0 Å². The first-order valence-corrected chi connectivity index (χ1v) is 5.97. The Kier molecular flexibility index (Phi) is 4.09. The lowest BCUT2D eigenvalue weighted by Crippen LogP contribution is -2.23. The van der Waals surface area contributed by atoms with Gasteiger partial charge in [-0.15, -0.1) is 0 Å². The highest BCUT2D eigenvalue weighted by Crippen LogP contribution is 2.34. The molecule has 1 rings (SSSR count). The van der Waals surface area contributed by atoms with Gasteiger partial charge >= 0.3 is 0 Å². The van der Waals surface area contributed by atoms with Crippen molar-refractivity contribution in [2.24, 2.45) is 5.41 Å². The zero-order valence-corrected chi connectivity index (χ0v) is 11.7. The second-order valence-electron chi connectivity index (χ2n) is 5.37. The molecule has 0 aliphatic carbocycles. The summed E-state index contributed by atoms with van der Waals surface area (Å²) in [5.74, 6) is 1.23. The molecule has 0 fully saturated rings. The summed E-state index contributed by atoms with van der Waals surface area (Å²) >= 11 is 0. The van der Waals surface area contributed by atoms with Crippen LogP contribution in [0.2, 0.25) is 0 Å². The number of anilines is 1. The van der Waals surface area contributed by atoms with Crippen molar-refractivity contribution < 1.29 is 4.74 Å². The lowest BCUT2D eigenvalue weighted by Gasteiger charge is -2.28. The van der Waals surface area contributed by atoms with Crippen LogP contribution in [0.15, 0.2) is 0 Å². The summed E-state index contributed by atoms with van der Waals surface area (Å²) in [7, 11) is 1.68. The van der Waals surface area contributed by atoms with Gasteiger partial charge in [-0.2, -0.15) is 0 Å². The van der Waals surface area contributed by atoms with Crippen LogP contribution in [0.1, 0.15) is 50.9 Å². The maximum absolute atomic E-state index is 5.93. The zero-order chi connectivity index (χ0) is 13.2. The predicted molar refractivity (Wildman–Crippen MR) is 69.8 cm³/mol. The fourth-order valence-corrected chi connectivity index (χ4v) is 1.91. The molecule has 0 spiro atoms. The van der Waals surface area contributed by atoms with Gasteiger partial charge in [0.25, 0.3) is 0 Å². The van der Waals surface area contributed by atoms with Gasteiger partial charge in [-0.05, 0) is 18.8 Å². The molecule has 4 nitrogen and oxygen atoms in total. The number of nitrogens with zero attached hydrogens (tertiary/aromatic N) is 2. The summed E-state index contributed by atoms with van der Waals surface area (Å²) in [5.41, 5.74) is 7.84. The monoisotopic (exact) mass is 237 g/mol. The second-order valence-corrected chi connectivity index (χ2v) is 5.37. The van der Waals surface area contributed by atoms with Crippen molar-refractivity contribution in [2.75, 3.05) is 12.8 Å². The number of nitrogen functional groups attached to an aromatic ring is 1. The Bertz CT molecular complexity index is 396.